The Morgan fingerprint density at radius 1 is 1.26 bits per heavy atom. The third-order valence-corrected chi connectivity index (χ3v) is 4.03. The summed E-state index contributed by atoms with van der Waals surface area (Å²) in [5.41, 5.74) is 3.95. The van der Waals surface area contributed by atoms with Crippen molar-refractivity contribution in [3.05, 3.63) is 60.6 Å². The molecular formula is C19H17N7O. The largest absolute Gasteiger partial charge is 0.391 e. The van der Waals surface area contributed by atoms with Crippen LogP contribution in [0.3, 0.4) is 0 Å². The molecule has 27 heavy (non-hydrogen) atoms. The van der Waals surface area contributed by atoms with Crippen molar-refractivity contribution in [3.63, 3.8) is 0 Å². The van der Waals surface area contributed by atoms with Gasteiger partial charge in [-0.05, 0) is 36.8 Å². The molecule has 0 spiro atoms. The summed E-state index contributed by atoms with van der Waals surface area (Å²) in [7, 11) is 0. The number of nitrogens with one attached hydrogen (secondary N) is 1. The lowest BCUT2D eigenvalue weighted by molar-refractivity contribution is 0.168. The maximum absolute atomic E-state index is 9.44. The van der Waals surface area contributed by atoms with Crippen LogP contribution in [0.5, 0.6) is 0 Å². The monoisotopic (exact) mass is 359 g/mol. The molecule has 8 nitrogen and oxygen atoms in total. The van der Waals surface area contributed by atoms with Crippen LogP contribution in [0.4, 0.5) is 11.6 Å². The van der Waals surface area contributed by atoms with Crippen LogP contribution in [-0.4, -0.2) is 35.6 Å². The number of anilines is 2. The second-order valence-corrected chi connectivity index (χ2v) is 6.24. The van der Waals surface area contributed by atoms with Gasteiger partial charge in [-0.15, -0.1) is 5.10 Å². The molecule has 0 saturated heterocycles. The van der Waals surface area contributed by atoms with Crippen molar-refractivity contribution >= 4 is 17.3 Å². The van der Waals surface area contributed by atoms with Crippen molar-refractivity contribution in [1.82, 2.24) is 24.4 Å². The molecule has 0 aliphatic heterocycles. The van der Waals surface area contributed by atoms with Gasteiger partial charge in [0.05, 0.1) is 36.2 Å². The number of rotatable bonds is 5. The van der Waals surface area contributed by atoms with E-state index in [1.165, 1.54) is 0 Å². The van der Waals surface area contributed by atoms with Crippen LogP contribution < -0.4 is 5.32 Å². The van der Waals surface area contributed by atoms with Gasteiger partial charge in [-0.2, -0.15) is 15.3 Å². The lowest BCUT2D eigenvalue weighted by atomic mass is 10.1. The number of aliphatic hydroxyl groups excluding tert-OH is 1. The van der Waals surface area contributed by atoms with E-state index in [4.69, 9.17) is 5.26 Å². The number of benzene rings is 1. The summed E-state index contributed by atoms with van der Waals surface area (Å²) in [6, 6.07) is 13.4. The highest BCUT2D eigenvalue weighted by Gasteiger charge is 2.11. The lowest BCUT2D eigenvalue weighted by Gasteiger charge is -2.02. The summed E-state index contributed by atoms with van der Waals surface area (Å²) in [4.78, 5) is 4.59. The Bertz CT molecular complexity index is 1120. The molecule has 0 aliphatic rings. The van der Waals surface area contributed by atoms with Gasteiger partial charge in [0.15, 0.2) is 5.65 Å². The molecule has 134 valence electrons. The van der Waals surface area contributed by atoms with E-state index in [-0.39, 0.29) is 0 Å². The highest BCUT2D eigenvalue weighted by Crippen LogP contribution is 2.25. The van der Waals surface area contributed by atoms with Crippen molar-refractivity contribution in [2.24, 2.45) is 0 Å². The van der Waals surface area contributed by atoms with E-state index < -0.39 is 6.10 Å². The first kappa shape index (κ1) is 16.8. The Hall–Kier alpha value is -3.70. The lowest BCUT2D eigenvalue weighted by Crippen LogP contribution is -2.11. The van der Waals surface area contributed by atoms with E-state index in [2.05, 4.69) is 26.6 Å². The van der Waals surface area contributed by atoms with Crippen LogP contribution >= 0.6 is 0 Å². The SMILES string of the molecule is C[C@H](O)Cn1cc(Nc2nc3c(-c4ccc(C#N)cc4)cccn3n2)cn1. The molecule has 4 rings (SSSR count). The molecule has 0 radical (unpaired) electrons. The molecule has 4 aromatic rings. The first-order chi connectivity index (χ1) is 13.1. The van der Waals surface area contributed by atoms with Gasteiger partial charge in [-0.25, -0.2) is 4.52 Å². The molecule has 8 heteroatoms. The van der Waals surface area contributed by atoms with Gasteiger partial charge in [-0.3, -0.25) is 4.68 Å². The molecule has 0 fully saturated rings. The normalized spacial score (nSPS) is 12.0. The number of nitrogens with zero attached hydrogens (tertiary/aromatic N) is 6. The third kappa shape index (κ3) is 3.49. The number of nitriles is 1. The maximum Gasteiger partial charge on any atom is 0.247 e. The zero-order valence-electron chi connectivity index (χ0n) is 14.6. The Labute approximate surface area is 155 Å². The minimum Gasteiger partial charge on any atom is -0.391 e. The molecule has 2 N–H and O–H groups in total. The number of pyridine rings is 1. The van der Waals surface area contributed by atoms with E-state index in [1.54, 1.807) is 40.6 Å². The predicted octanol–water partition coefficient (Wildman–Crippen LogP) is 2.59. The second kappa shape index (κ2) is 6.90. The van der Waals surface area contributed by atoms with Gasteiger partial charge in [-0.1, -0.05) is 12.1 Å². The Kier molecular flexibility index (Phi) is 4.28. The molecule has 3 heterocycles. The van der Waals surface area contributed by atoms with Crippen LogP contribution in [0.25, 0.3) is 16.8 Å². The molecule has 0 aliphatic carbocycles. The molecule has 0 amide bonds. The highest BCUT2D eigenvalue weighted by molar-refractivity contribution is 5.78. The fraction of sp³-hybridized carbons (Fsp3) is 0.158. The number of aromatic nitrogens is 5. The molecule has 1 atom stereocenters. The van der Waals surface area contributed by atoms with Gasteiger partial charge in [0.2, 0.25) is 5.95 Å². The standard InChI is InChI=1S/C19H17N7O/c1-13(27)11-25-12-16(10-21-25)22-19-23-18-17(3-2-8-26(18)24-19)15-6-4-14(9-20)5-7-15/h2-8,10,12-13,27H,11H2,1H3,(H,22,24)/t13-/m0/s1. The smallest absolute Gasteiger partial charge is 0.247 e. The molecule has 0 unspecified atom stereocenters. The van der Waals surface area contributed by atoms with Crippen molar-refractivity contribution in [3.8, 4) is 17.2 Å². The zero-order chi connectivity index (χ0) is 18.8. The summed E-state index contributed by atoms with van der Waals surface area (Å²) in [5, 5.41) is 30.2. The topological polar surface area (TPSA) is 104 Å². The van der Waals surface area contributed by atoms with E-state index in [0.29, 0.717) is 23.7 Å². The van der Waals surface area contributed by atoms with Crippen molar-refractivity contribution in [2.75, 3.05) is 5.32 Å². The van der Waals surface area contributed by atoms with Crippen LogP contribution in [0.1, 0.15) is 12.5 Å². The van der Waals surface area contributed by atoms with Gasteiger partial charge in [0.25, 0.3) is 0 Å². The molecular weight excluding hydrogens is 342 g/mol. The fourth-order valence-corrected chi connectivity index (χ4v) is 2.84. The fourth-order valence-electron chi connectivity index (χ4n) is 2.84. The summed E-state index contributed by atoms with van der Waals surface area (Å²) in [6.45, 7) is 2.13. The summed E-state index contributed by atoms with van der Waals surface area (Å²) < 4.78 is 3.36. The average molecular weight is 359 g/mol. The Balaban J connectivity index is 1.64. The predicted molar refractivity (Wildman–Crippen MR) is 100 cm³/mol. The quantitative estimate of drug-likeness (QED) is 0.567. The summed E-state index contributed by atoms with van der Waals surface area (Å²) >= 11 is 0. The van der Waals surface area contributed by atoms with E-state index in [0.717, 1.165) is 16.8 Å². The van der Waals surface area contributed by atoms with Gasteiger partial charge >= 0.3 is 0 Å². The molecule has 3 aromatic heterocycles. The van der Waals surface area contributed by atoms with Crippen molar-refractivity contribution in [2.45, 2.75) is 19.6 Å². The Morgan fingerprint density at radius 2 is 2.07 bits per heavy atom. The number of fused-ring (bicyclic) bond motifs is 1. The Morgan fingerprint density at radius 3 is 2.81 bits per heavy atom. The zero-order valence-corrected chi connectivity index (χ0v) is 14.6. The van der Waals surface area contributed by atoms with Crippen LogP contribution in [-0.2, 0) is 6.54 Å². The van der Waals surface area contributed by atoms with Crippen LogP contribution in [0, 0.1) is 11.3 Å². The minimum atomic E-state index is -0.471. The molecule has 0 bridgehead atoms. The third-order valence-electron chi connectivity index (χ3n) is 4.03. The van der Waals surface area contributed by atoms with Crippen molar-refractivity contribution < 1.29 is 5.11 Å². The average Bonchev–Trinajstić information content (AvgIpc) is 3.27. The summed E-state index contributed by atoms with van der Waals surface area (Å²) in [5.74, 6) is 0.452. The van der Waals surface area contributed by atoms with Gasteiger partial charge < -0.3 is 10.4 Å². The number of hydrogen-bond acceptors (Lipinski definition) is 6. The number of hydrogen-bond donors (Lipinski definition) is 2. The molecule has 0 saturated carbocycles. The van der Waals surface area contributed by atoms with E-state index in [9.17, 15) is 5.11 Å². The highest BCUT2D eigenvalue weighted by atomic mass is 16.3. The maximum atomic E-state index is 9.44. The molecule has 1 aromatic carbocycles. The first-order valence-corrected chi connectivity index (χ1v) is 8.46. The van der Waals surface area contributed by atoms with E-state index >= 15 is 0 Å². The second-order valence-electron chi connectivity index (χ2n) is 6.24. The van der Waals surface area contributed by atoms with Gasteiger partial charge in [0.1, 0.15) is 0 Å². The van der Waals surface area contributed by atoms with E-state index in [1.807, 2.05) is 30.5 Å². The summed E-state index contributed by atoms with van der Waals surface area (Å²) in [6.07, 6.45) is 4.81. The van der Waals surface area contributed by atoms with Crippen LogP contribution in [0.2, 0.25) is 0 Å². The minimum absolute atomic E-state index is 0.420. The van der Waals surface area contributed by atoms with Gasteiger partial charge in [0, 0.05) is 18.0 Å². The van der Waals surface area contributed by atoms with Crippen LogP contribution in [0.15, 0.2) is 55.0 Å². The number of aliphatic hydroxyl groups is 1. The first-order valence-electron chi connectivity index (χ1n) is 8.46. The van der Waals surface area contributed by atoms with Crippen molar-refractivity contribution in [1.29, 1.82) is 5.26 Å².